The minimum Gasteiger partial charge on any atom is -0.337 e. The Hall–Kier alpha value is -2.73. The van der Waals surface area contributed by atoms with Crippen LogP contribution < -0.4 is 0 Å². The van der Waals surface area contributed by atoms with E-state index in [-0.39, 0.29) is 22.8 Å². The van der Waals surface area contributed by atoms with Gasteiger partial charge in [-0.15, -0.1) is 0 Å². The SMILES string of the molecule is Cc1ccc(CN2C(=O)CCC2c2nc(-c3ccc(Cl)c(F)c3)no2)cc1C. The third kappa shape index (κ3) is 3.52. The second-order valence-corrected chi connectivity index (χ2v) is 7.49. The molecule has 2 heterocycles. The van der Waals surface area contributed by atoms with E-state index < -0.39 is 5.82 Å². The summed E-state index contributed by atoms with van der Waals surface area (Å²) in [4.78, 5) is 18.6. The van der Waals surface area contributed by atoms with E-state index in [2.05, 4.69) is 36.1 Å². The number of aromatic nitrogens is 2. The molecular weight excluding hydrogens is 381 g/mol. The van der Waals surface area contributed by atoms with Crippen molar-refractivity contribution in [3.8, 4) is 11.4 Å². The number of benzene rings is 2. The molecule has 1 aromatic heterocycles. The Bertz CT molecular complexity index is 1050. The first kappa shape index (κ1) is 18.6. The van der Waals surface area contributed by atoms with Gasteiger partial charge in [0, 0.05) is 18.5 Å². The first-order chi connectivity index (χ1) is 13.4. The van der Waals surface area contributed by atoms with Crippen molar-refractivity contribution in [3.63, 3.8) is 0 Å². The average molecular weight is 400 g/mol. The van der Waals surface area contributed by atoms with Gasteiger partial charge in [-0.2, -0.15) is 4.98 Å². The van der Waals surface area contributed by atoms with Crippen molar-refractivity contribution in [2.45, 2.75) is 39.3 Å². The lowest BCUT2D eigenvalue weighted by Gasteiger charge is -2.22. The van der Waals surface area contributed by atoms with Gasteiger partial charge in [0.1, 0.15) is 11.9 Å². The van der Waals surface area contributed by atoms with Crippen LogP contribution in [0, 0.1) is 19.7 Å². The van der Waals surface area contributed by atoms with Crippen molar-refractivity contribution in [2.75, 3.05) is 0 Å². The van der Waals surface area contributed by atoms with Crippen LogP contribution in [0.5, 0.6) is 0 Å². The van der Waals surface area contributed by atoms with Gasteiger partial charge in [0.15, 0.2) is 0 Å². The zero-order chi connectivity index (χ0) is 19.8. The summed E-state index contributed by atoms with van der Waals surface area (Å²) in [6, 6.07) is 10.2. The third-order valence-corrected chi connectivity index (χ3v) is 5.46. The number of likely N-dealkylation sites (tertiary alicyclic amines) is 1. The zero-order valence-electron chi connectivity index (χ0n) is 15.6. The molecule has 0 N–H and O–H groups in total. The number of amides is 1. The number of hydrogen-bond acceptors (Lipinski definition) is 4. The van der Waals surface area contributed by atoms with Gasteiger partial charge in [0.2, 0.25) is 17.6 Å². The lowest BCUT2D eigenvalue weighted by molar-refractivity contribution is -0.129. The maximum absolute atomic E-state index is 13.7. The molecule has 0 spiro atoms. The monoisotopic (exact) mass is 399 g/mol. The van der Waals surface area contributed by atoms with Crippen LogP contribution in [0.3, 0.4) is 0 Å². The summed E-state index contributed by atoms with van der Waals surface area (Å²) in [6.45, 7) is 4.60. The van der Waals surface area contributed by atoms with Gasteiger partial charge in [-0.3, -0.25) is 4.79 Å². The zero-order valence-corrected chi connectivity index (χ0v) is 16.3. The number of hydrogen-bond donors (Lipinski definition) is 0. The Morgan fingerprint density at radius 2 is 2.04 bits per heavy atom. The van der Waals surface area contributed by atoms with Gasteiger partial charge in [0.25, 0.3) is 0 Å². The first-order valence-corrected chi connectivity index (χ1v) is 9.45. The van der Waals surface area contributed by atoms with E-state index in [1.54, 1.807) is 11.0 Å². The van der Waals surface area contributed by atoms with Crippen molar-refractivity contribution >= 4 is 17.5 Å². The Kier molecular flexibility index (Phi) is 4.89. The van der Waals surface area contributed by atoms with Gasteiger partial charge >= 0.3 is 0 Å². The lowest BCUT2D eigenvalue weighted by atomic mass is 10.1. The van der Waals surface area contributed by atoms with Crippen LogP contribution in [0.4, 0.5) is 4.39 Å². The first-order valence-electron chi connectivity index (χ1n) is 9.07. The molecule has 0 radical (unpaired) electrons. The van der Waals surface area contributed by atoms with Gasteiger partial charge < -0.3 is 9.42 Å². The van der Waals surface area contributed by atoms with Crippen molar-refractivity contribution < 1.29 is 13.7 Å². The maximum Gasteiger partial charge on any atom is 0.249 e. The number of nitrogens with zero attached hydrogens (tertiary/aromatic N) is 3. The summed E-state index contributed by atoms with van der Waals surface area (Å²) in [5, 5.41) is 4.00. The standard InChI is InChI=1S/C21H19ClFN3O2/c1-12-3-4-14(9-13(12)2)11-26-18(7-8-19(26)27)21-24-20(25-28-21)15-5-6-16(22)17(23)10-15/h3-6,9-10,18H,7-8,11H2,1-2H3. The molecule has 1 fully saturated rings. The van der Waals surface area contributed by atoms with Crippen LogP contribution in [0.1, 0.15) is 41.5 Å². The molecule has 4 rings (SSSR count). The van der Waals surface area contributed by atoms with Crippen molar-refractivity contribution in [3.05, 3.63) is 69.8 Å². The fourth-order valence-electron chi connectivity index (χ4n) is 3.41. The Morgan fingerprint density at radius 1 is 1.21 bits per heavy atom. The van der Waals surface area contributed by atoms with E-state index in [1.165, 1.54) is 23.3 Å². The van der Waals surface area contributed by atoms with Crippen LogP contribution in [-0.4, -0.2) is 20.9 Å². The van der Waals surface area contributed by atoms with Crippen LogP contribution in [-0.2, 0) is 11.3 Å². The molecule has 3 aromatic rings. The molecule has 2 aromatic carbocycles. The minimum atomic E-state index is -0.544. The number of carbonyl (C=O) groups is 1. The third-order valence-electron chi connectivity index (χ3n) is 5.16. The summed E-state index contributed by atoms with van der Waals surface area (Å²) in [6.07, 6.45) is 1.04. The summed E-state index contributed by atoms with van der Waals surface area (Å²) in [5.74, 6) is 0.148. The molecule has 0 aliphatic carbocycles. The average Bonchev–Trinajstić information content (AvgIpc) is 3.28. The van der Waals surface area contributed by atoms with Crippen molar-refractivity contribution in [1.82, 2.24) is 15.0 Å². The fraction of sp³-hybridized carbons (Fsp3) is 0.286. The molecule has 0 bridgehead atoms. The van der Waals surface area contributed by atoms with E-state index in [0.717, 1.165) is 5.56 Å². The molecule has 1 atom stereocenters. The van der Waals surface area contributed by atoms with E-state index in [0.29, 0.717) is 30.8 Å². The predicted octanol–water partition coefficient (Wildman–Crippen LogP) is 5.01. The molecule has 1 amide bonds. The number of carbonyl (C=O) groups excluding carboxylic acids is 1. The molecule has 1 aliphatic heterocycles. The second kappa shape index (κ2) is 7.36. The van der Waals surface area contributed by atoms with Gasteiger partial charge in [0.05, 0.1) is 5.02 Å². The maximum atomic E-state index is 13.7. The summed E-state index contributed by atoms with van der Waals surface area (Å²) in [7, 11) is 0. The van der Waals surface area contributed by atoms with E-state index >= 15 is 0 Å². The quantitative estimate of drug-likeness (QED) is 0.618. The molecule has 1 unspecified atom stereocenters. The van der Waals surface area contributed by atoms with Crippen molar-refractivity contribution in [1.29, 1.82) is 0 Å². The topological polar surface area (TPSA) is 59.2 Å². The van der Waals surface area contributed by atoms with Crippen molar-refractivity contribution in [2.24, 2.45) is 0 Å². The smallest absolute Gasteiger partial charge is 0.249 e. The minimum absolute atomic E-state index is 0.0356. The molecule has 1 saturated heterocycles. The summed E-state index contributed by atoms with van der Waals surface area (Å²) < 4.78 is 19.1. The Morgan fingerprint density at radius 3 is 2.79 bits per heavy atom. The largest absolute Gasteiger partial charge is 0.337 e. The van der Waals surface area contributed by atoms with E-state index in [9.17, 15) is 9.18 Å². The van der Waals surface area contributed by atoms with E-state index in [4.69, 9.17) is 16.1 Å². The van der Waals surface area contributed by atoms with Crippen LogP contribution >= 0.6 is 11.6 Å². The van der Waals surface area contributed by atoms with Gasteiger partial charge in [-0.1, -0.05) is 35.0 Å². The van der Waals surface area contributed by atoms with Crippen LogP contribution in [0.2, 0.25) is 5.02 Å². The van der Waals surface area contributed by atoms with Crippen LogP contribution in [0.25, 0.3) is 11.4 Å². The highest BCUT2D eigenvalue weighted by molar-refractivity contribution is 6.30. The molecule has 5 nitrogen and oxygen atoms in total. The molecule has 7 heteroatoms. The molecule has 28 heavy (non-hydrogen) atoms. The van der Waals surface area contributed by atoms with Gasteiger partial charge in [-0.25, -0.2) is 4.39 Å². The Labute approximate surface area is 167 Å². The highest BCUT2D eigenvalue weighted by atomic mass is 35.5. The highest BCUT2D eigenvalue weighted by Crippen LogP contribution is 2.34. The molecule has 0 saturated carbocycles. The van der Waals surface area contributed by atoms with Crippen LogP contribution in [0.15, 0.2) is 40.9 Å². The molecule has 144 valence electrons. The predicted molar refractivity (Wildman–Crippen MR) is 103 cm³/mol. The molecule has 1 aliphatic rings. The summed E-state index contributed by atoms with van der Waals surface area (Å²) in [5.41, 5.74) is 3.93. The highest BCUT2D eigenvalue weighted by Gasteiger charge is 2.36. The number of aryl methyl sites for hydroxylation is 2. The summed E-state index contributed by atoms with van der Waals surface area (Å²) >= 11 is 5.73. The number of halogens is 2. The molecular formula is C21H19ClFN3O2. The second-order valence-electron chi connectivity index (χ2n) is 7.08. The number of rotatable bonds is 4. The normalized spacial score (nSPS) is 16.8. The Balaban J connectivity index is 1.59. The van der Waals surface area contributed by atoms with Gasteiger partial charge in [-0.05, 0) is 55.2 Å². The van der Waals surface area contributed by atoms with E-state index in [1.807, 2.05) is 6.07 Å². The fourth-order valence-corrected chi connectivity index (χ4v) is 3.53. The lowest BCUT2D eigenvalue weighted by Crippen LogP contribution is -2.27.